The number of rotatable bonds is 5. The van der Waals surface area contributed by atoms with Gasteiger partial charge in [0.05, 0.1) is 6.04 Å². The molecule has 0 aromatic heterocycles. The van der Waals surface area contributed by atoms with E-state index in [0.717, 1.165) is 0 Å². The first kappa shape index (κ1) is 13.8. The molecule has 0 saturated heterocycles. The molecule has 0 spiro atoms. The summed E-state index contributed by atoms with van der Waals surface area (Å²) in [6.45, 7) is 3.45. The van der Waals surface area contributed by atoms with Gasteiger partial charge in [0.2, 0.25) is 11.0 Å². The molecule has 0 aliphatic carbocycles. The topological polar surface area (TPSA) is 72.2 Å². The first-order valence-corrected chi connectivity index (χ1v) is 5.98. The zero-order valence-electron chi connectivity index (χ0n) is 8.32. The monoisotopic (exact) mass is 236 g/mol. The lowest BCUT2D eigenvalue weighted by molar-refractivity contribution is -0.125. The maximum absolute atomic E-state index is 11.4. The molecule has 1 amide bonds. The molecule has 6 heteroatoms. The maximum atomic E-state index is 11.4. The van der Waals surface area contributed by atoms with Gasteiger partial charge in [-0.1, -0.05) is 18.7 Å². The molecular formula is C8H16N2O2S2. The predicted molar refractivity (Wildman–Crippen MR) is 62.6 cm³/mol. The second-order valence-corrected chi connectivity index (χ2v) is 4.42. The van der Waals surface area contributed by atoms with Crippen molar-refractivity contribution in [3.05, 3.63) is 0 Å². The highest BCUT2D eigenvalue weighted by Crippen LogP contribution is 2.06. The highest BCUT2D eigenvalue weighted by atomic mass is 32.2. The zero-order valence-corrected chi connectivity index (χ0v) is 10.0. The quantitative estimate of drug-likeness (QED) is 0.589. The summed E-state index contributed by atoms with van der Waals surface area (Å²) >= 11 is 5.18. The van der Waals surface area contributed by atoms with Crippen LogP contribution in [0.1, 0.15) is 13.8 Å². The smallest absolute Gasteiger partial charge is 0.237 e. The zero-order chi connectivity index (χ0) is 11.1. The molecule has 0 unspecified atom stereocenters. The van der Waals surface area contributed by atoms with Crippen LogP contribution in [0.5, 0.6) is 0 Å². The van der Waals surface area contributed by atoms with E-state index in [-0.39, 0.29) is 11.0 Å². The van der Waals surface area contributed by atoms with Crippen LogP contribution in [-0.2, 0) is 9.59 Å². The molecule has 3 N–H and O–H groups in total. The molecule has 14 heavy (non-hydrogen) atoms. The van der Waals surface area contributed by atoms with E-state index in [1.807, 2.05) is 6.92 Å². The number of carbonyl (C=O) groups excluding carboxylic acids is 2. The van der Waals surface area contributed by atoms with E-state index in [1.165, 1.54) is 11.8 Å². The van der Waals surface area contributed by atoms with E-state index < -0.39 is 12.1 Å². The summed E-state index contributed by atoms with van der Waals surface area (Å²) in [5, 5.41) is 2.47. The van der Waals surface area contributed by atoms with Crippen molar-refractivity contribution in [1.82, 2.24) is 5.32 Å². The van der Waals surface area contributed by atoms with Crippen LogP contribution in [0.2, 0.25) is 0 Å². The van der Waals surface area contributed by atoms with Gasteiger partial charge in [-0.05, 0) is 12.7 Å². The first-order valence-electron chi connectivity index (χ1n) is 4.36. The lowest BCUT2D eigenvalue weighted by Crippen LogP contribution is -2.47. The molecule has 0 aliphatic rings. The van der Waals surface area contributed by atoms with Gasteiger partial charge in [-0.2, -0.15) is 12.6 Å². The highest BCUT2D eigenvalue weighted by Gasteiger charge is 2.20. The molecule has 0 aliphatic heterocycles. The average molecular weight is 236 g/mol. The van der Waals surface area contributed by atoms with Crippen molar-refractivity contribution in [1.29, 1.82) is 0 Å². The number of hydrogen-bond acceptors (Lipinski definition) is 5. The number of thiol groups is 1. The van der Waals surface area contributed by atoms with Crippen LogP contribution in [0.25, 0.3) is 0 Å². The van der Waals surface area contributed by atoms with Crippen molar-refractivity contribution in [2.75, 3.05) is 11.5 Å². The van der Waals surface area contributed by atoms with E-state index in [2.05, 4.69) is 17.9 Å². The first-order chi connectivity index (χ1) is 6.52. The minimum absolute atomic E-state index is 0.0727. The third-order valence-corrected chi connectivity index (χ3v) is 2.71. The van der Waals surface area contributed by atoms with Gasteiger partial charge in [0.25, 0.3) is 0 Å². The largest absolute Gasteiger partial charge is 0.343 e. The molecule has 4 nitrogen and oxygen atoms in total. The molecule has 2 atom stereocenters. The Balaban J connectivity index is 4.15. The number of nitrogens with one attached hydrogen (secondary N) is 1. The summed E-state index contributed by atoms with van der Waals surface area (Å²) in [5.74, 6) is 0.663. The molecule has 82 valence electrons. The Bertz CT molecular complexity index is 210. The minimum Gasteiger partial charge on any atom is -0.343 e. The summed E-state index contributed by atoms with van der Waals surface area (Å²) in [6.07, 6.45) is 0. The van der Waals surface area contributed by atoms with Gasteiger partial charge in [0.15, 0.2) is 0 Å². The molecule has 0 radical (unpaired) electrons. The van der Waals surface area contributed by atoms with Gasteiger partial charge in [0, 0.05) is 5.75 Å². The van der Waals surface area contributed by atoms with E-state index in [9.17, 15) is 9.59 Å². The van der Waals surface area contributed by atoms with Crippen LogP contribution in [0.3, 0.4) is 0 Å². The maximum Gasteiger partial charge on any atom is 0.237 e. The third-order valence-electron chi connectivity index (χ3n) is 1.48. The van der Waals surface area contributed by atoms with Crippen molar-refractivity contribution in [2.24, 2.45) is 5.73 Å². The fourth-order valence-corrected chi connectivity index (χ4v) is 1.73. The fourth-order valence-electron chi connectivity index (χ4n) is 0.725. The van der Waals surface area contributed by atoms with Crippen molar-refractivity contribution >= 4 is 35.4 Å². The van der Waals surface area contributed by atoms with E-state index in [4.69, 9.17) is 5.73 Å². The number of thioether (sulfide) groups is 1. The summed E-state index contributed by atoms with van der Waals surface area (Å²) < 4.78 is 0. The normalized spacial score (nSPS) is 14.6. The molecule has 0 aromatic carbocycles. The van der Waals surface area contributed by atoms with Gasteiger partial charge in [0.1, 0.15) is 6.04 Å². The molecule has 0 bridgehead atoms. The number of nitrogens with two attached hydrogens (primary N) is 1. The summed E-state index contributed by atoms with van der Waals surface area (Å²) in [6, 6.07) is -1.14. The Hall–Kier alpha value is -0.200. The van der Waals surface area contributed by atoms with Crippen LogP contribution in [0.4, 0.5) is 0 Å². The van der Waals surface area contributed by atoms with Crippen molar-refractivity contribution in [2.45, 2.75) is 25.9 Å². The SMILES string of the molecule is CCSC(=O)[C@H](CS)NC(=O)[C@H](C)N. The number of hydrogen-bond donors (Lipinski definition) is 3. The lowest BCUT2D eigenvalue weighted by Gasteiger charge is -2.15. The van der Waals surface area contributed by atoms with Gasteiger partial charge in [-0.15, -0.1) is 0 Å². The Morgan fingerprint density at radius 1 is 1.57 bits per heavy atom. The standard InChI is InChI=1S/C8H16N2O2S2/c1-3-14-8(12)6(4-13)10-7(11)5(2)9/h5-6,13H,3-4,9H2,1-2H3,(H,10,11)/t5-,6-/m0/s1. The van der Waals surface area contributed by atoms with Crippen LogP contribution in [0.15, 0.2) is 0 Å². The van der Waals surface area contributed by atoms with E-state index in [1.54, 1.807) is 6.92 Å². The van der Waals surface area contributed by atoms with Gasteiger partial charge in [-0.3, -0.25) is 9.59 Å². The molecule has 0 saturated carbocycles. The van der Waals surface area contributed by atoms with Crippen molar-refractivity contribution in [3.8, 4) is 0 Å². The number of amides is 1. The highest BCUT2D eigenvalue weighted by molar-refractivity contribution is 8.13. The Labute approximate surface area is 93.8 Å². The van der Waals surface area contributed by atoms with Gasteiger partial charge >= 0.3 is 0 Å². The van der Waals surface area contributed by atoms with Crippen LogP contribution < -0.4 is 11.1 Å². The second kappa shape index (κ2) is 7.14. The summed E-state index contributed by atoms with van der Waals surface area (Å²) in [5.41, 5.74) is 5.36. The van der Waals surface area contributed by atoms with Gasteiger partial charge < -0.3 is 11.1 Å². The molecular weight excluding hydrogens is 220 g/mol. The Kier molecular flexibility index (Phi) is 7.04. The van der Waals surface area contributed by atoms with Gasteiger partial charge in [-0.25, -0.2) is 0 Å². The van der Waals surface area contributed by atoms with E-state index >= 15 is 0 Å². The second-order valence-electron chi connectivity index (χ2n) is 2.78. The Morgan fingerprint density at radius 3 is 2.50 bits per heavy atom. The minimum atomic E-state index is -0.600. The fraction of sp³-hybridized carbons (Fsp3) is 0.750. The van der Waals surface area contributed by atoms with E-state index in [0.29, 0.717) is 11.5 Å². The Morgan fingerprint density at radius 2 is 2.14 bits per heavy atom. The average Bonchev–Trinajstić information content (AvgIpc) is 2.13. The predicted octanol–water partition coefficient (Wildman–Crippen LogP) is 0.0279. The van der Waals surface area contributed by atoms with Crippen LogP contribution >= 0.6 is 24.4 Å². The van der Waals surface area contributed by atoms with Crippen LogP contribution in [-0.4, -0.2) is 34.6 Å². The molecule has 0 aromatic rings. The summed E-state index contributed by atoms with van der Waals surface area (Å²) in [4.78, 5) is 22.6. The molecule has 0 rings (SSSR count). The molecule has 0 heterocycles. The van der Waals surface area contributed by atoms with Crippen LogP contribution in [0, 0.1) is 0 Å². The summed E-state index contributed by atoms with van der Waals surface area (Å²) in [7, 11) is 0. The number of carbonyl (C=O) groups is 2. The third kappa shape index (κ3) is 4.88. The van der Waals surface area contributed by atoms with Crippen molar-refractivity contribution < 1.29 is 9.59 Å². The lowest BCUT2D eigenvalue weighted by atomic mass is 10.3. The van der Waals surface area contributed by atoms with Crippen molar-refractivity contribution in [3.63, 3.8) is 0 Å². The molecule has 0 fully saturated rings.